The van der Waals surface area contributed by atoms with Gasteiger partial charge in [0, 0.05) is 24.5 Å². The van der Waals surface area contributed by atoms with Crippen LogP contribution >= 0.6 is 11.3 Å². The molecule has 0 saturated heterocycles. The van der Waals surface area contributed by atoms with Crippen LogP contribution in [0.4, 0.5) is 10.7 Å². The van der Waals surface area contributed by atoms with Crippen molar-refractivity contribution in [2.75, 3.05) is 18.5 Å². The Morgan fingerprint density at radius 3 is 2.75 bits per heavy atom. The molecule has 90 valence electrons. The maximum absolute atomic E-state index is 10.9. The molecule has 0 spiro atoms. The van der Waals surface area contributed by atoms with Crippen LogP contribution in [0.1, 0.15) is 31.2 Å². The monoisotopic (exact) mass is 244 g/mol. The van der Waals surface area contributed by atoms with Crippen LogP contribution in [0.25, 0.3) is 0 Å². The average Bonchev–Trinajstić information content (AvgIpc) is 2.62. The first-order valence-electron chi connectivity index (χ1n) is 5.14. The average molecular weight is 244 g/mol. The van der Waals surface area contributed by atoms with Crippen molar-refractivity contribution in [2.45, 2.75) is 26.4 Å². The molecule has 0 bridgehead atoms. The third-order valence-electron chi connectivity index (χ3n) is 2.23. The van der Waals surface area contributed by atoms with E-state index in [4.69, 9.17) is 0 Å². The van der Waals surface area contributed by atoms with E-state index in [1.807, 2.05) is 18.9 Å². The summed E-state index contributed by atoms with van der Waals surface area (Å²) in [6.07, 6.45) is 0.266. The van der Waals surface area contributed by atoms with Crippen molar-refractivity contribution in [2.24, 2.45) is 0 Å². The van der Waals surface area contributed by atoms with Crippen molar-refractivity contribution in [1.82, 2.24) is 0 Å². The molecule has 0 amide bonds. The number of rotatable bonds is 5. The first kappa shape index (κ1) is 12.9. The maximum atomic E-state index is 10.9. The second kappa shape index (κ2) is 5.27. The highest BCUT2D eigenvalue weighted by Gasteiger charge is 2.23. The Bertz CT molecular complexity index is 376. The Labute approximate surface area is 98.5 Å². The molecule has 0 saturated carbocycles. The van der Waals surface area contributed by atoms with Crippen LogP contribution in [0.15, 0.2) is 6.07 Å². The van der Waals surface area contributed by atoms with E-state index in [9.17, 15) is 15.2 Å². The second-order valence-corrected chi connectivity index (χ2v) is 4.76. The van der Waals surface area contributed by atoms with Gasteiger partial charge in [-0.2, -0.15) is 0 Å². The Balaban J connectivity index is 3.09. The second-order valence-electron chi connectivity index (χ2n) is 3.69. The van der Waals surface area contributed by atoms with Gasteiger partial charge in [0.2, 0.25) is 0 Å². The molecule has 6 heteroatoms. The minimum absolute atomic E-state index is 0.0804. The Hall–Kier alpha value is -1.14. The molecular formula is C10H16N2O3S. The highest BCUT2D eigenvalue weighted by Crippen LogP contribution is 2.39. The summed E-state index contributed by atoms with van der Waals surface area (Å²) in [6, 6.07) is 1.46. The van der Waals surface area contributed by atoms with Gasteiger partial charge in [-0.25, -0.2) is 0 Å². The normalized spacial score (nSPS) is 12.5. The molecule has 1 aromatic heterocycles. The molecule has 1 atom stereocenters. The number of nitro groups is 1. The highest BCUT2D eigenvalue weighted by molar-refractivity contribution is 7.16. The van der Waals surface area contributed by atoms with E-state index in [0.29, 0.717) is 9.88 Å². The van der Waals surface area contributed by atoms with Gasteiger partial charge < -0.3 is 10.0 Å². The number of hydrogen-bond acceptors (Lipinski definition) is 5. The van der Waals surface area contributed by atoms with Gasteiger partial charge in [-0.3, -0.25) is 10.1 Å². The quantitative estimate of drug-likeness (QED) is 0.638. The van der Waals surface area contributed by atoms with E-state index in [2.05, 4.69) is 0 Å². The summed E-state index contributed by atoms with van der Waals surface area (Å²) < 4.78 is 0. The van der Waals surface area contributed by atoms with Crippen LogP contribution in [0.2, 0.25) is 0 Å². The minimum Gasteiger partial charge on any atom is -0.388 e. The van der Waals surface area contributed by atoms with Crippen molar-refractivity contribution < 1.29 is 10.0 Å². The Morgan fingerprint density at radius 2 is 2.31 bits per heavy atom. The van der Waals surface area contributed by atoms with Crippen molar-refractivity contribution >= 4 is 22.0 Å². The van der Waals surface area contributed by atoms with E-state index < -0.39 is 11.0 Å². The lowest BCUT2D eigenvalue weighted by Crippen LogP contribution is -2.17. The smallest absolute Gasteiger partial charge is 0.304 e. The van der Waals surface area contributed by atoms with Gasteiger partial charge in [-0.1, -0.05) is 6.92 Å². The highest BCUT2D eigenvalue weighted by atomic mass is 32.1. The zero-order chi connectivity index (χ0) is 12.3. The minimum atomic E-state index is -0.660. The fraction of sp³-hybridized carbons (Fsp3) is 0.600. The summed E-state index contributed by atoms with van der Waals surface area (Å²) in [6.45, 7) is 4.39. The van der Waals surface area contributed by atoms with Crippen LogP contribution in [0.3, 0.4) is 0 Å². The van der Waals surface area contributed by atoms with E-state index in [0.717, 1.165) is 13.0 Å². The number of nitrogens with zero attached hydrogens (tertiary/aromatic N) is 2. The lowest BCUT2D eigenvalue weighted by atomic mass is 10.3. The molecule has 1 heterocycles. The Morgan fingerprint density at radius 1 is 1.69 bits per heavy atom. The Kier molecular flexibility index (Phi) is 4.26. The lowest BCUT2D eigenvalue weighted by molar-refractivity contribution is -0.383. The molecule has 0 aromatic carbocycles. The standard InChI is InChI=1S/C10H16N2O3S/c1-4-5-11(3)10-8(12(14)15)6-9(16-10)7(2)13/h6-7,13H,4-5H2,1-3H3. The van der Waals surface area contributed by atoms with E-state index in [1.54, 1.807) is 6.92 Å². The third kappa shape index (κ3) is 2.70. The fourth-order valence-corrected chi connectivity index (χ4v) is 2.49. The predicted molar refractivity (Wildman–Crippen MR) is 65.2 cm³/mol. The number of aliphatic hydroxyl groups is 1. The molecule has 0 aliphatic carbocycles. The summed E-state index contributed by atoms with van der Waals surface area (Å²) in [4.78, 5) is 13.0. The van der Waals surface area contributed by atoms with E-state index in [1.165, 1.54) is 17.4 Å². The SMILES string of the molecule is CCCN(C)c1sc(C(C)O)cc1[N+](=O)[O-]. The summed E-state index contributed by atoms with van der Waals surface area (Å²) in [5.41, 5.74) is 0.0804. The molecular weight excluding hydrogens is 228 g/mol. The molecule has 0 aliphatic heterocycles. The number of aliphatic hydroxyl groups excluding tert-OH is 1. The zero-order valence-electron chi connectivity index (χ0n) is 9.64. The molecule has 0 fully saturated rings. The van der Waals surface area contributed by atoms with Crippen LogP contribution in [0.5, 0.6) is 0 Å². The van der Waals surface area contributed by atoms with Crippen LogP contribution in [-0.2, 0) is 0 Å². The summed E-state index contributed by atoms with van der Waals surface area (Å²) in [5, 5.41) is 20.9. The van der Waals surface area contributed by atoms with E-state index in [-0.39, 0.29) is 5.69 Å². The zero-order valence-corrected chi connectivity index (χ0v) is 10.5. The molecule has 16 heavy (non-hydrogen) atoms. The summed E-state index contributed by atoms with van der Waals surface area (Å²) in [7, 11) is 1.83. The van der Waals surface area contributed by atoms with E-state index >= 15 is 0 Å². The predicted octanol–water partition coefficient (Wildman–Crippen LogP) is 2.56. The molecule has 1 unspecified atom stereocenters. The van der Waals surface area contributed by atoms with Gasteiger partial charge in [-0.05, 0) is 13.3 Å². The van der Waals surface area contributed by atoms with Crippen molar-refractivity contribution in [3.05, 3.63) is 21.1 Å². The van der Waals surface area contributed by atoms with Crippen LogP contribution in [0, 0.1) is 10.1 Å². The largest absolute Gasteiger partial charge is 0.388 e. The van der Waals surface area contributed by atoms with Gasteiger partial charge in [0.25, 0.3) is 0 Å². The maximum Gasteiger partial charge on any atom is 0.304 e. The molecule has 1 rings (SSSR count). The summed E-state index contributed by atoms with van der Waals surface area (Å²) in [5.74, 6) is 0. The van der Waals surface area contributed by atoms with Crippen molar-refractivity contribution in [3.63, 3.8) is 0 Å². The summed E-state index contributed by atoms with van der Waals surface area (Å²) >= 11 is 1.28. The van der Waals surface area contributed by atoms with Gasteiger partial charge in [0.15, 0.2) is 5.00 Å². The topological polar surface area (TPSA) is 66.6 Å². The van der Waals surface area contributed by atoms with Crippen LogP contribution < -0.4 is 4.90 Å². The molecule has 1 N–H and O–H groups in total. The van der Waals surface area contributed by atoms with Crippen molar-refractivity contribution in [3.8, 4) is 0 Å². The first-order valence-corrected chi connectivity index (χ1v) is 5.96. The lowest BCUT2D eigenvalue weighted by Gasteiger charge is -2.14. The van der Waals surface area contributed by atoms with Gasteiger partial charge in [0.1, 0.15) is 0 Å². The molecule has 0 radical (unpaired) electrons. The number of thiophene rings is 1. The molecule has 0 aliphatic rings. The van der Waals surface area contributed by atoms with Crippen molar-refractivity contribution in [1.29, 1.82) is 0 Å². The molecule has 5 nitrogen and oxygen atoms in total. The number of hydrogen-bond donors (Lipinski definition) is 1. The third-order valence-corrected chi connectivity index (χ3v) is 3.64. The van der Waals surface area contributed by atoms with Gasteiger partial charge >= 0.3 is 5.69 Å². The van der Waals surface area contributed by atoms with Crippen LogP contribution in [-0.4, -0.2) is 23.6 Å². The molecule has 1 aromatic rings. The first-order chi connectivity index (χ1) is 7.47. The fourth-order valence-electron chi connectivity index (χ4n) is 1.44. The van der Waals surface area contributed by atoms with Gasteiger partial charge in [-0.15, -0.1) is 11.3 Å². The van der Waals surface area contributed by atoms with Gasteiger partial charge in [0.05, 0.1) is 11.0 Å². The number of anilines is 1.